The van der Waals surface area contributed by atoms with Gasteiger partial charge in [-0.05, 0) is 6.07 Å². The predicted octanol–water partition coefficient (Wildman–Crippen LogP) is 1.95. The van der Waals surface area contributed by atoms with Gasteiger partial charge in [-0.2, -0.15) is 0 Å². The van der Waals surface area contributed by atoms with Gasteiger partial charge in [0.05, 0.1) is 26.9 Å². The van der Waals surface area contributed by atoms with Gasteiger partial charge in [0, 0.05) is 6.07 Å². The van der Waals surface area contributed by atoms with E-state index in [4.69, 9.17) is 14.2 Å². The molecule has 0 fully saturated rings. The molecule has 0 atom stereocenters. The van der Waals surface area contributed by atoms with E-state index in [2.05, 4.69) is 0 Å². The average molecular weight is 233 g/mol. The Kier molecular flexibility index (Phi) is 5.56. The second-order valence-corrected chi connectivity index (χ2v) is 2.57. The van der Waals surface area contributed by atoms with Crippen molar-refractivity contribution in [3.8, 4) is 17.2 Å². The normalized spacial score (nSPS) is 8.73. The molecule has 4 nitrogen and oxygen atoms in total. The summed E-state index contributed by atoms with van der Waals surface area (Å²) in [5, 5.41) is 0. The minimum atomic E-state index is 0. The Morgan fingerprint density at radius 1 is 0.933 bits per heavy atom. The van der Waals surface area contributed by atoms with Gasteiger partial charge in [-0.15, -0.1) is 12.4 Å². The maximum absolute atomic E-state index is 10.7. The molecule has 0 bridgehead atoms. The van der Waals surface area contributed by atoms with Crippen LogP contribution < -0.4 is 14.2 Å². The molecule has 0 unspecified atom stereocenters. The van der Waals surface area contributed by atoms with Crippen LogP contribution in [0.3, 0.4) is 0 Å². The molecule has 0 heterocycles. The number of halogens is 1. The third kappa shape index (κ3) is 2.76. The molecular formula is C10H13ClO4. The van der Waals surface area contributed by atoms with Crippen molar-refractivity contribution in [2.24, 2.45) is 0 Å². The van der Waals surface area contributed by atoms with Crippen molar-refractivity contribution in [2.75, 3.05) is 21.3 Å². The summed E-state index contributed by atoms with van der Waals surface area (Å²) in [6, 6.07) is 3.19. The molecule has 0 saturated heterocycles. The van der Waals surface area contributed by atoms with E-state index >= 15 is 0 Å². The lowest BCUT2D eigenvalue weighted by Crippen LogP contribution is -1.96. The summed E-state index contributed by atoms with van der Waals surface area (Å²) in [5.41, 5.74) is 0.435. The fraction of sp³-hybridized carbons (Fsp3) is 0.300. The van der Waals surface area contributed by atoms with Crippen LogP contribution in [0.2, 0.25) is 0 Å². The lowest BCUT2D eigenvalue weighted by atomic mass is 10.2. The van der Waals surface area contributed by atoms with Gasteiger partial charge in [0.2, 0.25) is 0 Å². The third-order valence-electron chi connectivity index (χ3n) is 1.86. The molecule has 0 radical (unpaired) electrons. The van der Waals surface area contributed by atoms with E-state index in [0.717, 1.165) is 0 Å². The molecule has 0 saturated carbocycles. The van der Waals surface area contributed by atoms with Crippen LogP contribution in [0, 0.1) is 0 Å². The van der Waals surface area contributed by atoms with Crippen LogP contribution in [-0.4, -0.2) is 27.6 Å². The molecule has 1 rings (SSSR count). The Hall–Kier alpha value is -1.42. The second kappa shape index (κ2) is 6.14. The number of methoxy groups -OCH3 is 3. The average Bonchev–Trinajstić information content (AvgIpc) is 2.26. The first kappa shape index (κ1) is 13.6. The van der Waals surface area contributed by atoms with Crippen LogP contribution in [0.25, 0.3) is 0 Å². The molecule has 0 aliphatic carbocycles. The fourth-order valence-electron chi connectivity index (χ4n) is 1.14. The van der Waals surface area contributed by atoms with Crippen LogP contribution in [0.15, 0.2) is 12.1 Å². The lowest BCUT2D eigenvalue weighted by Gasteiger charge is -2.10. The van der Waals surface area contributed by atoms with Crippen molar-refractivity contribution in [1.82, 2.24) is 0 Å². The van der Waals surface area contributed by atoms with Crippen molar-refractivity contribution >= 4 is 18.7 Å². The van der Waals surface area contributed by atoms with Crippen molar-refractivity contribution in [1.29, 1.82) is 0 Å². The second-order valence-electron chi connectivity index (χ2n) is 2.57. The molecule has 0 aliphatic heterocycles. The maximum atomic E-state index is 10.7. The molecular weight excluding hydrogens is 220 g/mol. The largest absolute Gasteiger partial charge is 0.496 e. The highest BCUT2D eigenvalue weighted by molar-refractivity contribution is 5.85. The first-order valence-electron chi connectivity index (χ1n) is 4.02. The highest BCUT2D eigenvalue weighted by Crippen LogP contribution is 2.33. The van der Waals surface area contributed by atoms with Crippen LogP contribution in [0.1, 0.15) is 10.4 Å². The number of aldehydes is 1. The fourth-order valence-corrected chi connectivity index (χ4v) is 1.14. The number of carbonyl (C=O) groups is 1. The van der Waals surface area contributed by atoms with Gasteiger partial charge in [0.1, 0.15) is 5.75 Å². The summed E-state index contributed by atoms with van der Waals surface area (Å²) in [4.78, 5) is 10.7. The minimum Gasteiger partial charge on any atom is -0.496 e. The Bertz CT molecular complexity index is 338. The molecule has 0 N–H and O–H groups in total. The van der Waals surface area contributed by atoms with E-state index in [1.807, 2.05) is 0 Å². The summed E-state index contributed by atoms with van der Waals surface area (Å²) in [6.45, 7) is 0. The van der Waals surface area contributed by atoms with E-state index < -0.39 is 0 Å². The van der Waals surface area contributed by atoms with Crippen molar-refractivity contribution in [3.63, 3.8) is 0 Å². The van der Waals surface area contributed by atoms with E-state index in [1.54, 1.807) is 12.1 Å². The molecule has 84 valence electrons. The highest BCUT2D eigenvalue weighted by atomic mass is 35.5. The summed E-state index contributed by atoms with van der Waals surface area (Å²) in [6.07, 6.45) is 0.709. The number of benzene rings is 1. The third-order valence-corrected chi connectivity index (χ3v) is 1.86. The first-order valence-corrected chi connectivity index (χ1v) is 4.02. The van der Waals surface area contributed by atoms with E-state index in [-0.39, 0.29) is 12.4 Å². The van der Waals surface area contributed by atoms with Crippen LogP contribution in [-0.2, 0) is 0 Å². The van der Waals surface area contributed by atoms with Gasteiger partial charge in [0.15, 0.2) is 17.8 Å². The SMILES string of the molecule is COc1cc(OC)c(OC)cc1C=O.Cl. The Morgan fingerprint density at radius 2 is 1.40 bits per heavy atom. The molecule has 0 aliphatic rings. The Labute approximate surface area is 94.5 Å². The Balaban J connectivity index is 0.00000196. The molecule has 15 heavy (non-hydrogen) atoms. The standard InChI is InChI=1S/C10H12O4.ClH/c1-12-8-5-10(14-3)9(13-2)4-7(8)6-11;/h4-6H,1-3H3;1H. The van der Waals surface area contributed by atoms with E-state index in [0.29, 0.717) is 29.1 Å². The molecule has 1 aromatic carbocycles. The maximum Gasteiger partial charge on any atom is 0.164 e. The van der Waals surface area contributed by atoms with Gasteiger partial charge in [-0.25, -0.2) is 0 Å². The number of ether oxygens (including phenoxy) is 3. The van der Waals surface area contributed by atoms with Crippen molar-refractivity contribution < 1.29 is 19.0 Å². The van der Waals surface area contributed by atoms with Crippen LogP contribution >= 0.6 is 12.4 Å². The monoisotopic (exact) mass is 232 g/mol. The van der Waals surface area contributed by atoms with Gasteiger partial charge in [0.25, 0.3) is 0 Å². The first-order chi connectivity index (χ1) is 6.76. The Morgan fingerprint density at radius 3 is 1.80 bits per heavy atom. The molecule has 1 aromatic rings. The van der Waals surface area contributed by atoms with Gasteiger partial charge < -0.3 is 14.2 Å². The number of carbonyl (C=O) groups excluding carboxylic acids is 1. The smallest absolute Gasteiger partial charge is 0.164 e. The number of rotatable bonds is 4. The zero-order valence-corrected chi connectivity index (χ0v) is 9.59. The summed E-state index contributed by atoms with van der Waals surface area (Å²) in [5.74, 6) is 1.52. The van der Waals surface area contributed by atoms with Crippen LogP contribution in [0.5, 0.6) is 17.2 Å². The summed E-state index contributed by atoms with van der Waals surface area (Å²) < 4.78 is 15.1. The number of hydrogen-bond donors (Lipinski definition) is 0. The zero-order valence-electron chi connectivity index (χ0n) is 8.77. The van der Waals surface area contributed by atoms with Crippen molar-refractivity contribution in [2.45, 2.75) is 0 Å². The van der Waals surface area contributed by atoms with E-state index in [9.17, 15) is 4.79 Å². The topological polar surface area (TPSA) is 44.8 Å². The predicted molar refractivity (Wildman–Crippen MR) is 58.7 cm³/mol. The molecule has 0 spiro atoms. The minimum absolute atomic E-state index is 0. The van der Waals surface area contributed by atoms with Crippen LogP contribution in [0.4, 0.5) is 0 Å². The van der Waals surface area contributed by atoms with Gasteiger partial charge in [-0.3, -0.25) is 4.79 Å². The van der Waals surface area contributed by atoms with E-state index in [1.165, 1.54) is 21.3 Å². The molecule has 5 heteroatoms. The van der Waals surface area contributed by atoms with Gasteiger partial charge >= 0.3 is 0 Å². The van der Waals surface area contributed by atoms with Gasteiger partial charge in [-0.1, -0.05) is 0 Å². The van der Waals surface area contributed by atoms with Crippen molar-refractivity contribution in [3.05, 3.63) is 17.7 Å². The molecule has 0 amide bonds. The summed E-state index contributed by atoms with van der Waals surface area (Å²) in [7, 11) is 4.53. The molecule has 0 aromatic heterocycles. The number of hydrogen-bond acceptors (Lipinski definition) is 4. The summed E-state index contributed by atoms with van der Waals surface area (Å²) >= 11 is 0. The lowest BCUT2D eigenvalue weighted by molar-refractivity contribution is 0.112. The zero-order chi connectivity index (χ0) is 10.6. The quantitative estimate of drug-likeness (QED) is 0.745. The highest BCUT2D eigenvalue weighted by Gasteiger charge is 2.10.